The van der Waals surface area contributed by atoms with Crippen molar-refractivity contribution in [3.8, 4) is 0 Å². The van der Waals surface area contributed by atoms with E-state index in [1.54, 1.807) is 6.07 Å². The first-order valence-electron chi connectivity index (χ1n) is 6.39. The van der Waals surface area contributed by atoms with Gasteiger partial charge < -0.3 is 10.6 Å². The van der Waals surface area contributed by atoms with Crippen molar-refractivity contribution in [3.63, 3.8) is 0 Å². The van der Waals surface area contributed by atoms with Gasteiger partial charge in [-0.15, -0.1) is 0 Å². The van der Waals surface area contributed by atoms with Crippen molar-refractivity contribution < 1.29 is 4.39 Å². The Morgan fingerprint density at radius 1 is 1.39 bits per heavy atom. The van der Waals surface area contributed by atoms with Gasteiger partial charge >= 0.3 is 0 Å². The zero-order chi connectivity index (χ0) is 13.4. The molecular formula is C14H20BrFN2. The highest BCUT2D eigenvalue weighted by Crippen LogP contribution is 2.33. The van der Waals surface area contributed by atoms with Gasteiger partial charge in [-0.05, 0) is 59.8 Å². The zero-order valence-corrected chi connectivity index (χ0v) is 12.7. The van der Waals surface area contributed by atoms with Crippen molar-refractivity contribution in [1.29, 1.82) is 0 Å². The Kier molecular flexibility index (Phi) is 3.97. The molecule has 18 heavy (non-hydrogen) atoms. The van der Waals surface area contributed by atoms with Crippen LogP contribution in [0.2, 0.25) is 0 Å². The summed E-state index contributed by atoms with van der Waals surface area (Å²) in [4.78, 5) is 2.34. The van der Waals surface area contributed by atoms with Gasteiger partial charge in [-0.1, -0.05) is 6.92 Å². The van der Waals surface area contributed by atoms with E-state index in [9.17, 15) is 4.39 Å². The van der Waals surface area contributed by atoms with Crippen LogP contribution < -0.4 is 10.6 Å². The lowest BCUT2D eigenvalue weighted by Crippen LogP contribution is -2.52. The second-order valence-electron chi connectivity index (χ2n) is 5.30. The third-order valence-corrected chi connectivity index (χ3v) is 4.79. The van der Waals surface area contributed by atoms with Crippen molar-refractivity contribution in [2.24, 2.45) is 11.7 Å². The molecule has 4 heteroatoms. The van der Waals surface area contributed by atoms with Gasteiger partial charge in [-0.2, -0.15) is 0 Å². The van der Waals surface area contributed by atoms with Crippen LogP contribution in [0.25, 0.3) is 0 Å². The molecule has 0 spiro atoms. The number of benzene rings is 1. The van der Waals surface area contributed by atoms with E-state index >= 15 is 0 Å². The highest BCUT2D eigenvalue weighted by atomic mass is 79.9. The number of halogens is 2. The number of rotatable bonds is 1. The number of hydrogen-bond acceptors (Lipinski definition) is 2. The van der Waals surface area contributed by atoms with Gasteiger partial charge in [0.25, 0.3) is 0 Å². The maximum absolute atomic E-state index is 13.5. The number of aryl methyl sites for hydroxylation is 1. The molecule has 3 unspecified atom stereocenters. The summed E-state index contributed by atoms with van der Waals surface area (Å²) in [6.07, 6.45) is 0.986. The summed E-state index contributed by atoms with van der Waals surface area (Å²) in [6.45, 7) is 7.28. The maximum atomic E-state index is 13.5. The molecule has 2 rings (SSSR count). The quantitative estimate of drug-likeness (QED) is 0.860. The first kappa shape index (κ1) is 13.8. The molecule has 1 aliphatic rings. The molecule has 2 N–H and O–H groups in total. The van der Waals surface area contributed by atoms with Crippen molar-refractivity contribution in [3.05, 3.63) is 28.0 Å². The van der Waals surface area contributed by atoms with E-state index in [-0.39, 0.29) is 11.9 Å². The van der Waals surface area contributed by atoms with Crippen LogP contribution in [0.15, 0.2) is 16.6 Å². The fourth-order valence-electron chi connectivity index (χ4n) is 2.68. The van der Waals surface area contributed by atoms with E-state index in [4.69, 9.17) is 5.73 Å². The smallest absolute Gasteiger partial charge is 0.137 e. The number of hydrogen-bond donors (Lipinski definition) is 1. The lowest BCUT2D eigenvalue weighted by atomic mass is 9.87. The van der Waals surface area contributed by atoms with Gasteiger partial charge in [-0.25, -0.2) is 4.39 Å². The van der Waals surface area contributed by atoms with E-state index in [1.807, 2.05) is 13.0 Å². The average Bonchev–Trinajstić information content (AvgIpc) is 2.32. The van der Waals surface area contributed by atoms with Crippen LogP contribution in [0, 0.1) is 18.7 Å². The van der Waals surface area contributed by atoms with Gasteiger partial charge in [0.1, 0.15) is 5.82 Å². The lowest BCUT2D eigenvalue weighted by molar-refractivity contribution is 0.315. The summed E-state index contributed by atoms with van der Waals surface area (Å²) in [5, 5.41) is 0. The Bertz CT molecular complexity index is 450. The fourth-order valence-corrected chi connectivity index (χ4v) is 3.01. The lowest BCUT2D eigenvalue weighted by Gasteiger charge is -2.43. The SMILES string of the molecule is Cc1cc(F)c(Br)cc1N1CCC(N)C(C)C1C. The number of nitrogens with zero attached hydrogens (tertiary/aromatic N) is 1. The topological polar surface area (TPSA) is 29.3 Å². The first-order chi connectivity index (χ1) is 8.41. The first-order valence-corrected chi connectivity index (χ1v) is 7.19. The summed E-state index contributed by atoms with van der Waals surface area (Å²) in [6, 6.07) is 4.11. The van der Waals surface area contributed by atoms with Crippen molar-refractivity contribution in [1.82, 2.24) is 0 Å². The normalized spacial score (nSPS) is 28.6. The molecule has 0 radical (unpaired) electrons. The minimum absolute atomic E-state index is 0.203. The molecule has 1 heterocycles. The summed E-state index contributed by atoms with van der Waals surface area (Å²) in [7, 11) is 0. The zero-order valence-electron chi connectivity index (χ0n) is 11.1. The molecule has 0 saturated carbocycles. The van der Waals surface area contributed by atoms with Gasteiger partial charge in [0.2, 0.25) is 0 Å². The van der Waals surface area contributed by atoms with Gasteiger partial charge in [-0.3, -0.25) is 0 Å². The van der Waals surface area contributed by atoms with Gasteiger partial charge in [0.15, 0.2) is 0 Å². The predicted molar refractivity (Wildman–Crippen MR) is 77.4 cm³/mol. The van der Waals surface area contributed by atoms with Crippen LogP contribution in [-0.4, -0.2) is 18.6 Å². The molecule has 1 fully saturated rings. The summed E-state index contributed by atoms with van der Waals surface area (Å²) in [5.41, 5.74) is 8.19. The van der Waals surface area contributed by atoms with Gasteiger partial charge in [0, 0.05) is 24.3 Å². The standard InChI is InChI=1S/C14H20BrFN2/c1-8-6-12(16)11(15)7-14(8)18-5-4-13(17)9(2)10(18)3/h6-7,9-10,13H,4-5,17H2,1-3H3. The van der Waals surface area contributed by atoms with Crippen molar-refractivity contribution in [2.45, 2.75) is 39.3 Å². The van der Waals surface area contributed by atoms with Crippen molar-refractivity contribution in [2.75, 3.05) is 11.4 Å². The van der Waals surface area contributed by atoms with Crippen LogP contribution >= 0.6 is 15.9 Å². The van der Waals surface area contributed by atoms with Crippen LogP contribution in [0.4, 0.5) is 10.1 Å². The molecule has 0 bridgehead atoms. The second kappa shape index (κ2) is 5.17. The Hall–Kier alpha value is -0.610. The van der Waals surface area contributed by atoms with E-state index in [1.165, 1.54) is 0 Å². The number of nitrogens with two attached hydrogens (primary N) is 1. The van der Waals surface area contributed by atoms with Crippen LogP contribution in [0.3, 0.4) is 0 Å². The Morgan fingerprint density at radius 3 is 2.72 bits per heavy atom. The fraction of sp³-hybridized carbons (Fsp3) is 0.571. The molecule has 0 aliphatic carbocycles. The average molecular weight is 315 g/mol. The van der Waals surface area contributed by atoms with E-state index in [0.29, 0.717) is 16.4 Å². The second-order valence-corrected chi connectivity index (χ2v) is 6.15. The van der Waals surface area contributed by atoms with E-state index < -0.39 is 0 Å². The Balaban J connectivity index is 2.34. The number of anilines is 1. The maximum Gasteiger partial charge on any atom is 0.137 e. The molecule has 0 aromatic heterocycles. The molecule has 1 aromatic carbocycles. The molecule has 100 valence electrons. The van der Waals surface area contributed by atoms with Crippen LogP contribution in [0.5, 0.6) is 0 Å². The molecule has 1 saturated heterocycles. The summed E-state index contributed by atoms with van der Waals surface area (Å²) >= 11 is 3.27. The van der Waals surface area contributed by atoms with E-state index in [2.05, 4.69) is 34.7 Å². The summed E-state index contributed by atoms with van der Waals surface area (Å²) < 4.78 is 14.0. The van der Waals surface area contributed by atoms with Crippen LogP contribution in [-0.2, 0) is 0 Å². The molecule has 1 aliphatic heterocycles. The largest absolute Gasteiger partial charge is 0.368 e. The monoisotopic (exact) mass is 314 g/mol. The minimum atomic E-state index is -0.203. The highest BCUT2D eigenvalue weighted by molar-refractivity contribution is 9.10. The minimum Gasteiger partial charge on any atom is -0.368 e. The van der Waals surface area contributed by atoms with Gasteiger partial charge in [0.05, 0.1) is 4.47 Å². The number of piperidine rings is 1. The van der Waals surface area contributed by atoms with E-state index in [0.717, 1.165) is 24.2 Å². The predicted octanol–water partition coefficient (Wildman–Crippen LogP) is 3.46. The molecular weight excluding hydrogens is 295 g/mol. The third-order valence-electron chi connectivity index (χ3n) is 4.18. The Morgan fingerprint density at radius 2 is 2.06 bits per heavy atom. The van der Waals surface area contributed by atoms with Crippen LogP contribution in [0.1, 0.15) is 25.8 Å². The highest BCUT2D eigenvalue weighted by Gasteiger charge is 2.31. The molecule has 2 nitrogen and oxygen atoms in total. The molecule has 1 aromatic rings. The third kappa shape index (κ3) is 2.41. The van der Waals surface area contributed by atoms with Crippen molar-refractivity contribution >= 4 is 21.6 Å². The molecule has 0 amide bonds. The Labute approximate surface area is 116 Å². The summed E-state index contributed by atoms with van der Waals surface area (Å²) in [5.74, 6) is 0.243. The molecule has 3 atom stereocenters.